The number of hydrogen-bond donors (Lipinski definition) is 2. The Morgan fingerprint density at radius 1 is 1.36 bits per heavy atom. The van der Waals surface area contributed by atoms with E-state index in [4.69, 9.17) is 10.2 Å². The summed E-state index contributed by atoms with van der Waals surface area (Å²) >= 11 is 0.182. The Morgan fingerprint density at radius 2 is 1.93 bits per heavy atom. The summed E-state index contributed by atoms with van der Waals surface area (Å²) in [6.45, 7) is 0. The SMILES string of the molecule is O=C(c1ccc(C(F)(F)F)s1)C(O)O. The molecule has 0 bridgehead atoms. The van der Waals surface area contributed by atoms with Gasteiger partial charge in [0.2, 0.25) is 12.1 Å². The molecule has 1 aromatic rings. The first-order valence-electron chi connectivity index (χ1n) is 3.40. The Labute approximate surface area is 80.4 Å². The fourth-order valence-corrected chi connectivity index (χ4v) is 1.58. The molecule has 0 radical (unpaired) electrons. The van der Waals surface area contributed by atoms with Crippen LogP contribution in [-0.2, 0) is 6.18 Å². The summed E-state index contributed by atoms with van der Waals surface area (Å²) in [4.78, 5) is 9.56. The Bertz CT molecular complexity index is 342. The van der Waals surface area contributed by atoms with E-state index in [1.54, 1.807) is 0 Å². The molecule has 0 aliphatic carbocycles. The predicted molar refractivity (Wildman–Crippen MR) is 41.9 cm³/mol. The lowest BCUT2D eigenvalue weighted by atomic mass is 10.3. The number of alkyl halides is 3. The lowest BCUT2D eigenvalue weighted by molar-refractivity contribution is -0.134. The van der Waals surface area contributed by atoms with E-state index in [9.17, 15) is 18.0 Å². The molecule has 0 unspecified atom stereocenters. The highest BCUT2D eigenvalue weighted by Gasteiger charge is 2.33. The molecule has 0 fully saturated rings. The minimum absolute atomic E-state index is 0.182. The Morgan fingerprint density at radius 3 is 2.29 bits per heavy atom. The first-order valence-corrected chi connectivity index (χ1v) is 4.21. The standard InChI is InChI=1S/C7H5F3O3S/c8-7(9,10)4-2-1-3(14-4)5(11)6(12)13/h1-2,6,12-13H. The second-order valence-corrected chi connectivity index (χ2v) is 3.48. The molecular weight excluding hydrogens is 221 g/mol. The number of halogens is 3. The Balaban J connectivity index is 2.95. The van der Waals surface area contributed by atoms with Crippen molar-refractivity contribution in [1.82, 2.24) is 0 Å². The number of thiophene rings is 1. The number of rotatable bonds is 2. The molecule has 78 valence electrons. The van der Waals surface area contributed by atoms with Crippen LogP contribution < -0.4 is 0 Å². The average molecular weight is 226 g/mol. The summed E-state index contributed by atoms with van der Waals surface area (Å²) < 4.78 is 36.1. The molecule has 0 spiro atoms. The van der Waals surface area contributed by atoms with Crippen molar-refractivity contribution in [1.29, 1.82) is 0 Å². The van der Waals surface area contributed by atoms with Gasteiger partial charge in [0.1, 0.15) is 4.88 Å². The molecule has 0 aromatic carbocycles. The minimum Gasteiger partial charge on any atom is -0.362 e. The van der Waals surface area contributed by atoms with Gasteiger partial charge in [-0.1, -0.05) is 0 Å². The third kappa shape index (κ3) is 2.31. The Hall–Kier alpha value is -0.920. The van der Waals surface area contributed by atoms with Gasteiger partial charge in [0, 0.05) is 0 Å². The van der Waals surface area contributed by atoms with Crippen molar-refractivity contribution in [3.8, 4) is 0 Å². The minimum atomic E-state index is -4.51. The smallest absolute Gasteiger partial charge is 0.362 e. The van der Waals surface area contributed by atoms with Crippen molar-refractivity contribution in [2.75, 3.05) is 0 Å². The van der Waals surface area contributed by atoms with Gasteiger partial charge in [-0.25, -0.2) is 0 Å². The van der Waals surface area contributed by atoms with Crippen LogP contribution in [0.1, 0.15) is 14.5 Å². The number of hydrogen-bond acceptors (Lipinski definition) is 4. The lowest BCUT2D eigenvalue weighted by Gasteiger charge is -2.01. The fourth-order valence-electron chi connectivity index (χ4n) is 0.750. The maximum atomic E-state index is 12.0. The van der Waals surface area contributed by atoms with Crippen molar-refractivity contribution >= 4 is 17.1 Å². The second-order valence-electron chi connectivity index (χ2n) is 2.40. The summed E-state index contributed by atoms with van der Waals surface area (Å²) in [7, 11) is 0. The van der Waals surface area contributed by atoms with Crippen LogP contribution in [0, 0.1) is 0 Å². The molecule has 14 heavy (non-hydrogen) atoms. The van der Waals surface area contributed by atoms with E-state index in [-0.39, 0.29) is 16.2 Å². The van der Waals surface area contributed by atoms with E-state index in [0.717, 1.165) is 12.1 Å². The molecule has 1 rings (SSSR count). The molecule has 3 nitrogen and oxygen atoms in total. The van der Waals surface area contributed by atoms with Crippen molar-refractivity contribution in [2.45, 2.75) is 12.5 Å². The van der Waals surface area contributed by atoms with Gasteiger partial charge in [-0.05, 0) is 12.1 Å². The molecule has 0 saturated carbocycles. The summed E-state index contributed by atoms with van der Waals surface area (Å²) in [5, 5.41) is 16.8. The van der Waals surface area contributed by atoms with Crippen molar-refractivity contribution < 1.29 is 28.2 Å². The predicted octanol–water partition coefficient (Wildman–Crippen LogP) is 1.26. The monoisotopic (exact) mass is 226 g/mol. The molecule has 7 heteroatoms. The van der Waals surface area contributed by atoms with E-state index in [1.807, 2.05) is 0 Å². The van der Waals surface area contributed by atoms with Crippen molar-refractivity contribution in [2.24, 2.45) is 0 Å². The number of Topliss-reactive ketones (excluding diaryl/α,β-unsaturated/α-hetero) is 1. The van der Waals surface area contributed by atoms with E-state index >= 15 is 0 Å². The van der Waals surface area contributed by atoms with Gasteiger partial charge in [0.25, 0.3) is 0 Å². The molecule has 2 N–H and O–H groups in total. The zero-order valence-corrected chi connectivity index (χ0v) is 7.39. The number of carbonyl (C=O) groups excluding carboxylic acids is 1. The van der Waals surface area contributed by atoms with E-state index in [2.05, 4.69) is 0 Å². The van der Waals surface area contributed by atoms with Gasteiger partial charge in [0.05, 0.1) is 4.88 Å². The Kier molecular flexibility index (Phi) is 2.93. The second kappa shape index (κ2) is 3.68. The van der Waals surface area contributed by atoms with E-state index in [1.165, 1.54) is 0 Å². The van der Waals surface area contributed by atoms with Gasteiger partial charge in [-0.15, -0.1) is 11.3 Å². The third-order valence-electron chi connectivity index (χ3n) is 1.36. The first-order chi connectivity index (χ1) is 6.32. The summed E-state index contributed by atoms with van der Waals surface area (Å²) in [6.07, 6.45) is -6.78. The summed E-state index contributed by atoms with van der Waals surface area (Å²) in [5.41, 5.74) is 0. The van der Waals surface area contributed by atoms with Crippen molar-refractivity contribution in [3.05, 3.63) is 21.9 Å². The molecule has 1 heterocycles. The molecule has 0 aliphatic heterocycles. The van der Waals surface area contributed by atoms with Crippen LogP contribution in [0.25, 0.3) is 0 Å². The molecule has 0 atom stereocenters. The highest BCUT2D eigenvalue weighted by Crippen LogP contribution is 2.34. The zero-order chi connectivity index (χ0) is 10.9. The number of aliphatic hydroxyl groups is 2. The van der Waals surface area contributed by atoms with Crippen molar-refractivity contribution in [3.63, 3.8) is 0 Å². The largest absolute Gasteiger partial charge is 0.425 e. The summed E-state index contributed by atoms with van der Waals surface area (Å²) in [6, 6.07) is 1.63. The van der Waals surface area contributed by atoms with Crippen LogP contribution in [-0.4, -0.2) is 22.3 Å². The molecular formula is C7H5F3O3S. The van der Waals surface area contributed by atoms with Crippen LogP contribution >= 0.6 is 11.3 Å². The lowest BCUT2D eigenvalue weighted by Crippen LogP contribution is -2.17. The fraction of sp³-hybridized carbons (Fsp3) is 0.286. The number of aliphatic hydroxyl groups excluding tert-OH is 1. The normalized spacial score (nSPS) is 12.1. The highest BCUT2D eigenvalue weighted by molar-refractivity contribution is 7.14. The first kappa shape index (κ1) is 11.2. The van der Waals surface area contributed by atoms with Gasteiger partial charge in [-0.2, -0.15) is 13.2 Å². The van der Waals surface area contributed by atoms with Crippen LogP contribution in [0.2, 0.25) is 0 Å². The van der Waals surface area contributed by atoms with Gasteiger partial charge >= 0.3 is 6.18 Å². The molecule has 0 aliphatic rings. The topological polar surface area (TPSA) is 57.5 Å². The van der Waals surface area contributed by atoms with Gasteiger partial charge < -0.3 is 10.2 Å². The van der Waals surface area contributed by atoms with Crippen LogP contribution in [0.3, 0.4) is 0 Å². The maximum Gasteiger partial charge on any atom is 0.425 e. The van der Waals surface area contributed by atoms with Crippen LogP contribution in [0.15, 0.2) is 12.1 Å². The highest BCUT2D eigenvalue weighted by atomic mass is 32.1. The molecule has 1 aromatic heterocycles. The number of ketones is 1. The zero-order valence-electron chi connectivity index (χ0n) is 6.58. The van der Waals surface area contributed by atoms with Gasteiger partial charge in [-0.3, -0.25) is 4.79 Å². The quantitative estimate of drug-likeness (QED) is 0.589. The summed E-state index contributed by atoms with van der Waals surface area (Å²) in [5.74, 6) is -1.13. The average Bonchev–Trinajstić information content (AvgIpc) is 2.49. The van der Waals surface area contributed by atoms with Gasteiger partial charge in [0.15, 0.2) is 0 Å². The molecule has 0 saturated heterocycles. The maximum absolute atomic E-state index is 12.0. The van der Waals surface area contributed by atoms with E-state index < -0.39 is 23.1 Å². The van der Waals surface area contributed by atoms with Crippen LogP contribution in [0.4, 0.5) is 13.2 Å². The van der Waals surface area contributed by atoms with Crippen LogP contribution in [0.5, 0.6) is 0 Å². The van der Waals surface area contributed by atoms with E-state index in [0.29, 0.717) is 0 Å². The molecule has 0 amide bonds. The number of carbonyl (C=O) groups is 1. The third-order valence-corrected chi connectivity index (χ3v) is 2.51.